The van der Waals surface area contributed by atoms with Gasteiger partial charge in [0.2, 0.25) is 5.91 Å². The molecule has 0 spiro atoms. The molecule has 1 atom stereocenters. The fourth-order valence-electron chi connectivity index (χ4n) is 0.936. The molecule has 0 saturated carbocycles. The van der Waals surface area contributed by atoms with Crippen LogP contribution in [0.5, 0.6) is 0 Å². The van der Waals surface area contributed by atoms with Gasteiger partial charge >= 0.3 is 5.97 Å². The maximum absolute atomic E-state index is 11.2. The zero-order valence-corrected chi connectivity index (χ0v) is 8.26. The Hall–Kier alpha value is -1.48. The summed E-state index contributed by atoms with van der Waals surface area (Å²) in [5.74, 6) is -0.697. The van der Waals surface area contributed by atoms with E-state index in [4.69, 9.17) is 5.26 Å². The number of nitrogens with zero attached hydrogens (tertiary/aromatic N) is 1. The molecule has 6 heteroatoms. The molecule has 0 bridgehead atoms. The molecule has 0 aromatic carbocycles. The van der Waals surface area contributed by atoms with E-state index in [1.54, 1.807) is 6.07 Å². The molecule has 0 radical (unpaired) electrons. The topological polar surface area (TPSA) is 79.2 Å². The summed E-state index contributed by atoms with van der Waals surface area (Å²) in [6.07, 6.45) is 1.26. The van der Waals surface area contributed by atoms with Crippen LogP contribution < -0.4 is 5.32 Å². The van der Waals surface area contributed by atoms with Crippen molar-refractivity contribution in [2.24, 2.45) is 0 Å². The molecule has 0 aliphatic carbocycles. The Morgan fingerprint density at radius 1 is 1.86 bits per heavy atom. The molecule has 0 aromatic heterocycles. The predicted octanol–water partition coefficient (Wildman–Crippen LogP) is 0.146. The van der Waals surface area contributed by atoms with Crippen LogP contribution in [-0.2, 0) is 14.3 Å². The third-order valence-corrected chi connectivity index (χ3v) is 2.72. The minimum absolute atomic E-state index is 0.0236. The first-order valence-corrected chi connectivity index (χ1v) is 4.69. The highest BCUT2D eigenvalue weighted by molar-refractivity contribution is 8.04. The Morgan fingerprint density at radius 3 is 3.14 bits per heavy atom. The number of hydrogen-bond donors (Lipinski definition) is 1. The van der Waals surface area contributed by atoms with Gasteiger partial charge in [0, 0.05) is 6.08 Å². The summed E-state index contributed by atoms with van der Waals surface area (Å²) in [6.45, 7) is 0. The lowest BCUT2D eigenvalue weighted by Gasteiger charge is -2.01. The maximum Gasteiger partial charge on any atom is 0.307 e. The molecule has 1 N–H and O–H groups in total. The van der Waals surface area contributed by atoms with Crippen molar-refractivity contribution in [2.45, 2.75) is 11.7 Å². The molecule has 1 amide bonds. The molecule has 1 rings (SSSR count). The predicted molar refractivity (Wildman–Crippen MR) is 49.9 cm³/mol. The molecular formula is C8H8N2O3S. The zero-order valence-electron chi connectivity index (χ0n) is 7.44. The summed E-state index contributed by atoms with van der Waals surface area (Å²) in [6, 6.07) is 1.80. The molecule has 14 heavy (non-hydrogen) atoms. The summed E-state index contributed by atoms with van der Waals surface area (Å²) in [7, 11) is 1.27. The summed E-state index contributed by atoms with van der Waals surface area (Å²) in [4.78, 5) is 22.1. The highest BCUT2D eigenvalue weighted by atomic mass is 32.2. The number of amides is 1. The van der Waals surface area contributed by atoms with Crippen LogP contribution in [0.2, 0.25) is 0 Å². The van der Waals surface area contributed by atoms with Gasteiger partial charge in [-0.2, -0.15) is 5.26 Å². The Balaban J connectivity index is 2.58. The standard InChI is InChI=1S/C8H8N2O3S/c1-13-7(11)4-5-8(12)10-6(14-5)2-3-9/h2,5H,4H2,1H3,(H,10,12). The van der Waals surface area contributed by atoms with E-state index < -0.39 is 11.2 Å². The summed E-state index contributed by atoms with van der Waals surface area (Å²) >= 11 is 1.16. The first-order valence-electron chi connectivity index (χ1n) is 3.81. The van der Waals surface area contributed by atoms with Gasteiger partial charge in [0.1, 0.15) is 5.25 Å². The van der Waals surface area contributed by atoms with Crippen molar-refractivity contribution < 1.29 is 14.3 Å². The van der Waals surface area contributed by atoms with E-state index >= 15 is 0 Å². The lowest BCUT2D eigenvalue weighted by atomic mass is 10.3. The number of allylic oxidation sites excluding steroid dienone is 1. The van der Waals surface area contributed by atoms with E-state index in [0.717, 1.165) is 11.8 Å². The van der Waals surface area contributed by atoms with E-state index in [2.05, 4.69) is 10.1 Å². The van der Waals surface area contributed by atoms with E-state index in [-0.39, 0.29) is 12.3 Å². The minimum Gasteiger partial charge on any atom is -0.469 e. The number of rotatable bonds is 2. The monoisotopic (exact) mass is 212 g/mol. The van der Waals surface area contributed by atoms with E-state index in [1.807, 2.05) is 0 Å². The molecule has 1 aliphatic heterocycles. The van der Waals surface area contributed by atoms with Crippen LogP contribution in [0.15, 0.2) is 11.1 Å². The van der Waals surface area contributed by atoms with Crippen LogP contribution in [0.4, 0.5) is 0 Å². The first kappa shape index (κ1) is 10.6. The fourth-order valence-corrected chi connectivity index (χ4v) is 1.91. The fraction of sp³-hybridized carbons (Fsp3) is 0.375. The van der Waals surface area contributed by atoms with Crippen molar-refractivity contribution in [2.75, 3.05) is 7.11 Å². The van der Waals surface area contributed by atoms with Gasteiger partial charge in [0.25, 0.3) is 0 Å². The van der Waals surface area contributed by atoms with Gasteiger partial charge in [-0.1, -0.05) is 11.8 Å². The molecular weight excluding hydrogens is 204 g/mol. The zero-order chi connectivity index (χ0) is 10.6. The SMILES string of the molecule is COC(=O)CC1SC(=CC#N)NC1=O. The lowest BCUT2D eigenvalue weighted by molar-refractivity contribution is -0.141. The minimum atomic E-state index is -0.484. The Morgan fingerprint density at radius 2 is 2.57 bits per heavy atom. The van der Waals surface area contributed by atoms with Crippen LogP contribution in [0, 0.1) is 11.3 Å². The largest absolute Gasteiger partial charge is 0.469 e. The van der Waals surface area contributed by atoms with Gasteiger partial charge in [-0.05, 0) is 0 Å². The average Bonchev–Trinajstić information content (AvgIpc) is 2.47. The molecule has 0 aromatic rings. The van der Waals surface area contributed by atoms with Gasteiger partial charge in [-0.15, -0.1) is 0 Å². The van der Waals surface area contributed by atoms with E-state index in [0.29, 0.717) is 5.03 Å². The Kier molecular flexibility index (Phi) is 3.54. The van der Waals surface area contributed by atoms with Gasteiger partial charge in [-0.3, -0.25) is 9.59 Å². The van der Waals surface area contributed by atoms with Crippen molar-refractivity contribution in [3.63, 3.8) is 0 Å². The second kappa shape index (κ2) is 4.67. The van der Waals surface area contributed by atoms with Crippen LogP contribution in [0.3, 0.4) is 0 Å². The number of carbonyl (C=O) groups excluding carboxylic acids is 2. The van der Waals surface area contributed by atoms with Crippen LogP contribution in [0.1, 0.15) is 6.42 Å². The third-order valence-electron chi connectivity index (χ3n) is 1.58. The van der Waals surface area contributed by atoms with Crippen molar-refractivity contribution >= 4 is 23.6 Å². The lowest BCUT2D eigenvalue weighted by Crippen LogP contribution is -2.24. The maximum atomic E-state index is 11.2. The number of carbonyl (C=O) groups is 2. The Labute approximate surface area is 85.1 Å². The smallest absolute Gasteiger partial charge is 0.307 e. The number of nitrogens with one attached hydrogen (secondary N) is 1. The molecule has 1 aliphatic rings. The number of nitriles is 1. The second-order valence-electron chi connectivity index (χ2n) is 2.51. The second-order valence-corrected chi connectivity index (χ2v) is 3.76. The highest BCUT2D eigenvalue weighted by Crippen LogP contribution is 2.28. The van der Waals surface area contributed by atoms with Crippen molar-refractivity contribution in [3.05, 3.63) is 11.1 Å². The number of methoxy groups -OCH3 is 1. The number of esters is 1. The van der Waals surface area contributed by atoms with E-state index in [9.17, 15) is 9.59 Å². The normalized spacial score (nSPS) is 23.0. The van der Waals surface area contributed by atoms with Crippen molar-refractivity contribution in [3.8, 4) is 6.07 Å². The molecule has 1 fully saturated rings. The third kappa shape index (κ3) is 2.50. The van der Waals surface area contributed by atoms with Crippen LogP contribution >= 0.6 is 11.8 Å². The van der Waals surface area contributed by atoms with E-state index in [1.165, 1.54) is 13.2 Å². The summed E-state index contributed by atoms with van der Waals surface area (Å²) < 4.78 is 4.44. The summed E-state index contributed by atoms with van der Waals surface area (Å²) in [5, 5.41) is 10.8. The van der Waals surface area contributed by atoms with Crippen molar-refractivity contribution in [1.29, 1.82) is 5.26 Å². The molecule has 5 nitrogen and oxygen atoms in total. The van der Waals surface area contributed by atoms with Crippen molar-refractivity contribution in [1.82, 2.24) is 5.32 Å². The van der Waals surface area contributed by atoms with Crippen LogP contribution in [-0.4, -0.2) is 24.2 Å². The molecule has 1 heterocycles. The first-order chi connectivity index (χ1) is 6.67. The molecule has 74 valence electrons. The highest BCUT2D eigenvalue weighted by Gasteiger charge is 2.31. The van der Waals surface area contributed by atoms with Gasteiger partial charge in [-0.25, -0.2) is 0 Å². The summed E-state index contributed by atoms with van der Waals surface area (Å²) in [5.41, 5.74) is 0. The number of ether oxygens (including phenoxy) is 1. The number of hydrogen-bond acceptors (Lipinski definition) is 5. The Bertz CT molecular complexity index is 332. The van der Waals surface area contributed by atoms with Gasteiger partial charge in [0.05, 0.1) is 24.6 Å². The quantitative estimate of drug-likeness (QED) is 0.520. The van der Waals surface area contributed by atoms with Gasteiger partial charge < -0.3 is 10.1 Å². The average molecular weight is 212 g/mol. The molecule has 1 unspecified atom stereocenters. The number of thioether (sulfide) groups is 1. The van der Waals surface area contributed by atoms with Crippen LogP contribution in [0.25, 0.3) is 0 Å². The van der Waals surface area contributed by atoms with Gasteiger partial charge in [0.15, 0.2) is 0 Å². The molecule has 1 saturated heterocycles.